The molecule has 4 heteroatoms. The Bertz CT molecular complexity index is 1240. The molecule has 1 aliphatic heterocycles. The van der Waals surface area contributed by atoms with Crippen LogP contribution in [0.2, 0.25) is 0 Å². The van der Waals surface area contributed by atoms with E-state index in [4.69, 9.17) is 0 Å². The van der Waals surface area contributed by atoms with Crippen molar-refractivity contribution in [1.29, 1.82) is 0 Å². The molecule has 0 N–H and O–H groups in total. The van der Waals surface area contributed by atoms with E-state index in [1.54, 1.807) is 0 Å². The number of carbonyl (C=O) groups excluding carboxylic acids is 1. The van der Waals surface area contributed by atoms with Crippen LogP contribution in [0.1, 0.15) is 29.5 Å². The maximum Gasteiger partial charge on any atom is 0.227 e. The summed E-state index contributed by atoms with van der Waals surface area (Å²) < 4.78 is 2.29. The van der Waals surface area contributed by atoms with Crippen LogP contribution in [0.4, 0.5) is 0 Å². The summed E-state index contributed by atoms with van der Waals surface area (Å²) in [6.07, 6.45) is 4.55. The molecule has 0 bridgehead atoms. The smallest absolute Gasteiger partial charge is 0.227 e. The molecule has 0 unspecified atom stereocenters. The third kappa shape index (κ3) is 3.95. The van der Waals surface area contributed by atoms with Gasteiger partial charge in [-0.1, -0.05) is 42.5 Å². The molecule has 0 atom stereocenters. The first-order valence-corrected chi connectivity index (χ1v) is 11.2. The highest BCUT2D eigenvalue weighted by molar-refractivity contribution is 5.90. The molecule has 0 spiro atoms. The first-order valence-electron chi connectivity index (χ1n) is 11.2. The van der Waals surface area contributed by atoms with Crippen LogP contribution < -0.4 is 0 Å². The number of aryl methyl sites for hydroxylation is 2. The van der Waals surface area contributed by atoms with Gasteiger partial charge in [-0.3, -0.25) is 4.79 Å². The maximum atomic E-state index is 13.0. The highest BCUT2D eigenvalue weighted by Gasteiger charge is 2.24. The van der Waals surface area contributed by atoms with Crippen LogP contribution in [0.3, 0.4) is 0 Å². The highest BCUT2D eigenvalue weighted by Crippen LogP contribution is 2.25. The normalized spacial score (nSPS) is 15.1. The maximum absolute atomic E-state index is 13.0. The molecule has 2 heterocycles. The molecule has 1 saturated heterocycles. The third-order valence-electron chi connectivity index (χ3n) is 6.88. The van der Waals surface area contributed by atoms with Crippen LogP contribution >= 0.6 is 0 Å². The van der Waals surface area contributed by atoms with Crippen molar-refractivity contribution >= 4 is 27.7 Å². The first-order chi connectivity index (χ1) is 15.1. The number of hydrogen-bond donors (Lipinski definition) is 0. The van der Waals surface area contributed by atoms with Crippen LogP contribution in [0.5, 0.6) is 0 Å². The number of benzene rings is 3. The van der Waals surface area contributed by atoms with E-state index in [1.165, 1.54) is 27.4 Å². The molecular weight excluding hydrogens is 382 g/mol. The van der Waals surface area contributed by atoms with E-state index < -0.39 is 0 Å². The first kappa shape index (κ1) is 19.8. The standard InChI is InChI=1S/C27H29N3O/c1-19-14-25-26(15-20(19)2)30(18-28-25)17-21-10-12-29(13-11-21)27(31)16-23-8-5-7-22-6-3-4-9-24(22)23/h3-9,14-15,18,21H,10-13,16-17H2,1-2H3. The van der Waals surface area contributed by atoms with Crippen molar-refractivity contribution in [2.45, 2.75) is 39.7 Å². The largest absolute Gasteiger partial charge is 0.342 e. The summed E-state index contributed by atoms with van der Waals surface area (Å²) in [6, 6.07) is 19.0. The Hall–Kier alpha value is -3.14. The fraction of sp³-hybridized carbons (Fsp3) is 0.333. The average Bonchev–Trinajstić information content (AvgIpc) is 3.16. The van der Waals surface area contributed by atoms with Gasteiger partial charge in [0.05, 0.1) is 23.8 Å². The Balaban J connectivity index is 1.22. The number of amides is 1. The molecule has 1 amide bonds. The van der Waals surface area contributed by atoms with E-state index in [1.807, 2.05) is 18.5 Å². The molecule has 0 aliphatic carbocycles. The molecule has 0 saturated carbocycles. The molecule has 1 aliphatic rings. The number of imidazole rings is 1. The topological polar surface area (TPSA) is 38.1 Å². The van der Waals surface area contributed by atoms with Gasteiger partial charge < -0.3 is 9.47 Å². The van der Waals surface area contributed by atoms with Crippen molar-refractivity contribution in [3.8, 4) is 0 Å². The molecule has 1 fully saturated rings. The van der Waals surface area contributed by atoms with Crippen molar-refractivity contribution in [1.82, 2.24) is 14.5 Å². The summed E-state index contributed by atoms with van der Waals surface area (Å²) in [5, 5.41) is 2.38. The number of nitrogens with zero attached hydrogens (tertiary/aromatic N) is 3. The van der Waals surface area contributed by atoms with Gasteiger partial charge >= 0.3 is 0 Å². The summed E-state index contributed by atoms with van der Waals surface area (Å²) in [7, 11) is 0. The number of hydrogen-bond acceptors (Lipinski definition) is 2. The summed E-state index contributed by atoms with van der Waals surface area (Å²) in [5.41, 5.74) is 6.02. The lowest BCUT2D eigenvalue weighted by molar-refractivity contribution is -0.131. The zero-order valence-corrected chi connectivity index (χ0v) is 18.3. The monoisotopic (exact) mass is 411 g/mol. The van der Waals surface area contributed by atoms with Gasteiger partial charge in [-0.2, -0.15) is 0 Å². The molecule has 158 valence electrons. The Morgan fingerprint density at radius 1 is 1.00 bits per heavy atom. The summed E-state index contributed by atoms with van der Waals surface area (Å²) in [4.78, 5) is 19.6. The lowest BCUT2D eigenvalue weighted by Crippen LogP contribution is -2.40. The molecule has 4 nitrogen and oxygen atoms in total. The fourth-order valence-electron chi connectivity index (χ4n) is 4.82. The minimum Gasteiger partial charge on any atom is -0.342 e. The van der Waals surface area contributed by atoms with Crippen molar-refractivity contribution in [2.24, 2.45) is 5.92 Å². The molecule has 4 aromatic rings. The average molecular weight is 412 g/mol. The van der Waals surface area contributed by atoms with Gasteiger partial charge in [-0.25, -0.2) is 4.98 Å². The number of rotatable bonds is 4. The molecule has 0 radical (unpaired) electrons. The van der Waals surface area contributed by atoms with Crippen molar-refractivity contribution in [3.63, 3.8) is 0 Å². The predicted octanol–water partition coefficient (Wildman–Crippen LogP) is 5.29. The van der Waals surface area contributed by atoms with E-state index in [0.717, 1.165) is 43.6 Å². The van der Waals surface area contributed by atoms with Crippen LogP contribution in [-0.4, -0.2) is 33.4 Å². The van der Waals surface area contributed by atoms with Gasteiger partial charge in [0.1, 0.15) is 0 Å². The fourth-order valence-corrected chi connectivity index (χ4v) is 4.82. The molecular formula is C27H29N3O. The Kier molecular flexibility index (Phi) is 5.23. The summed E-state index contributed by atoms with van der Waals surface area (Å²) in [5.74, 6) is 0.828. The lowest BCUT2D eigenvalue weighted by Gasteiger charge is -2.32. The Morgan fingerprint density at radius 2 is 1.74 bits per heavy atom. The minimum atomic E-state index is 0.244. The molecule has 1 aromatic heterocycles. The van der Waals surface area contributed by atoms with E-state index in [2.05, 4.69) is 70.8 Å². The lowest BCUT2D eigenvalue weighted by atomic mass is 9.95. The van der Waals surface area contributed by atoms with Crippen molar-refractivity contribution in [3.05, 3.63) is 77.6 Å². The SMILES string of the molecule is Cc1cc2ncn(CC3CCN(C(=O)Cc4cccc5ccccc45)CC3)c2cc1C. The van der Waals surface area contributed by atoms with E-state index in [0.29, 0.717) is 12.3 Å². The van der Waals surface area contributed by atoms with E-state index in [9.17, 15) is 4.79 Å². The van der Waals surface area contributed by atoms with Crippen LogP contribution in [-0.2, 0) is 17.8 Å². The second kappa shape index (κ2) is 8.18. The van der Waals surface area contributed by atoms with Gasteiger partial charge in [-0.15, -0.1) is 0 Å². The van der Waals surface area contributed by atoms with Crippen LogP contribution in [0.25, 0.3) is 21.8 Å². The van der Waals surface area contributed by atoms with Gasteiger partial charge in [0.15, 0.2) is 0 Å². The predicted molar refractivity (Wildman–Crippen MR) is 126 cm³/mol. The van der Waals surface area contributed by atoms with Crippen molar-refractivity contribution < 1.29 is 4.79 Å². The Morgan fingerprint density at radius 3 is 2.58 bits per heavy atom. The van der Waals surface area contributed by atoms with Gasteiger partial charge in [0, 0.05) is 19.6 Å². The number of carbonyl (C=O) groups is 1. The molecule has 31 heavy (non-hydrogen) atoms. The number of fused-ring (bicyclic) bond motifs is 2. The minimum absolute atomic E-state index is 0.244. The van der Waals surface area contributed by atoms with Gasteiger partial charge in [0.25, 0.3) is 0 Å². The van der Waals surface area contributed by atoms with E-state index >= 15 is 0 Å². The third-order valence-corrected chi connectivity index (χ3v) is 6.88. The summed E-state index contributed by atoms with van der Waals surface area (Å²) >= 11 is 0. The molecule has 3 aromatic carbocycles. The molecule has 5 rings (SSSR count). The van der Waals surface area contributed by atoms with Gasteiger partial charge in [0.2, 0.25) is 5.91 Å². The number of piperidine rings is 1. The quantitative estimate of drug-likeness (QED) is 0.458. The second-order valence-corrected chi connectivity index (χ2v) is 8.96. The number of likely N-dealkylation sites (tertiary alicyclic amines) is 1. The van der Waals surface area contributed by atoms with Gasteiger partial charge in [-0.05, 0) is 72.2 Å². The second-order valence-electron chi connectivity index (χ2n) is 8.96. The Labute approximate surface area is 183 Å². The highest BCUT2D eigenvalue weighted by atomic mass is 16.2. The van der Waals surface area contributed by atoms with Crippen molar-refractivity contribution in [2.75, 3.05) is 13.1 Å². The van der Waals surface area contributed by atoms with E-state index in [-0.39, 0.29) is 5.91 Å². The zero-order chi connectivity index (χ0) is 21.4. The number of aromatic nitrogens is 2. The summed E-state index contributed by atoms with van der Waals surface area (Å²) in [6.45, 7) is 6.97. The zero-order valence-electron chi connectivity index (χ0n) is 18.3. The van der Waals surface area contributed by atoms with Crippen LogP contribution in [0, 0.1) is 19.8 Å². The van der Waals surface area contributed by atoms with Crippen LogP contribution in [0.15, 0.2) is 60.9 Å².